The topological polar surface area (TPSA) is 37.4 Å². The molecule has 1 saturated heterocycles. The highest BCUT2D eigenvalue weighted by Gasteiger charge is 2.12. The molecule has 5 heteroatoms. The van der Waals surface area contributed by atoms with E-state index in [4.69, 9.17) is 0 Å². The number of sulfone groups is 1. The number of hydrogen-bond acceptors (Lipinski definition) is 4. The molecule has 0 aromatic heterocycles. The summed E-state index contributed by atoms with van der Waals surface area (Å²) in [7, 11) is -2.77. The van der Waals surface area contributed by atoms with Crippen molar-refractivity contribution in [1.29, 1.82) is 0 Å². The van der Waals surface area contributed by atoms with Gasteiger partial charge in [0.15, 0.2) is 0 Å². The highest BCUT2D eigenvalue weighted by molar-refractivity contribution is 7.99. The summed E-state index contributed by atoms with van der Waals surface area (Å²) in [6.45, 7) is 2.79. The first-order valence-corrected chi connectivity index (χ1v) is 7.27. The molecule has 0 amide bonds. The molecule has 0 spiro atoms. The van der Waals surface area contributed by atoms with Crippen molar-refractivity contribution in [1.82, 2.24) is 4.90 Å². The lowest BCUT2D eigenvalue weighted by Gasteiger charge is -2.25. The SMILES string of the molecule is CS(=O)(=O)CCN1CCSCC1. The maximum absolute atomic E-state index is 10.8. The third kappa shape index (κ3) is 4.33. The summed E-state index contributed by atoms with van der Waals surface area (Å²) >= 11 is 1.94. The molecular weight excluding hydrogens is 194 g/mol. The normalized spacial score (nSPS) is 21.1. The van der Waals surface area contributed by atoms with Gasteiger partial charge in [-0.1, -0.05) is 0 Å². The van der Waals surface area contributed by atoms with Crippen molar-refractivity contribution >= 4 is 21.6 Å². The summed E-state index contributed by atoms with van der Waals surface area (Å²) in [4.78, 5) is 2.22. The van der Waals surface area contributed by atoms with E-state index in [0.717, 1.165) is 24.6 Å². The molecule has 0 aromatic carbocycles. The van der Waals surface area contributed by atoms with Crippen LogP contribution in [0.1, 0.15) is 0 Å². The van der Waals surface area contributed by atoms with Gasteiger partial charge in [-0.15, -0.1) is 0 Å². The number of rotatable bonds is 3. The summed E-state index contributed by atoms with van der Waals surface area (Å²) in [5.41, 5.74) is 0. The molecule has 3 nitrogen and oxygen atoms in total. The van der Waals surface area contributed by atoms with E-state index in [0.29, 0.717) is 12.3 Å². The molecule has 0 aromatic rings. The molecule has 1 rings (SSSR count). The molecule has 1 aliphatic heterocycles. The van der Waals surface area contributed by atoms with Crippen molar-refractivity contribution in [2.24, 2.45) is 0 Å². The van der Waals surface area contributed by atoms with Crippen molar-refractivity contribution < 1.29 is 8.42 Å². The molecule has 1 fully saturated rings. The van der Waals surface area contributed by atoms with E-state index < -0.39 is 9.84 Å². The van der Waals surface area contributed by atoms with Gasteiger partial charge in [0.25, 0.3) is 0 Å². The quantitative estimate of drug-likeness (QED) is 0.660. The Morgan fingerprint density at radius 2 is 1.92 bits per heavy atom. The predicted molar refractivity (Wildman–Crippen MR) is 53.5 cm³/mol. The molecule has 0 radical (unpaired) electrons. The Kier molecular flexibility index (Phi) is 3.86. The van der Waals surface area contributed by atoms with Gasteiger partial charge in [-0.2, -0.15) is 11.8 Å². The molecule has 72 valence electrons. The Morgan fingerprint density at radius 3 is 2.42 bits per heavy atom. The lowest BCUT2D eigenvalue weighted by molar-refractivity contribution is 0.320. The van der Waals surface area contributed by atoms with Crippen LogP contribution in [-0.2, 0) is 9.84 Å². The van der Waals surface area contributed by atoms with E-state index >= 15 is 0 Å². The minimum Gasteiger partial charge on any atom is -0.301 e. The second-order valence-corrected chi connectivity index (χ2v) is 6.57. The standard InChI is InChI=1S/C7H15NO2S2/c1-12(9,10)7-4-8-2-5-11-6-3-8/h2-7H2,1H3. The second kappa shape index (κ2) is 4.48. The van der Waals surface area contributed by atoms with Crippen LogP contribution in [0.2, 0.25) is 0 Å². The molecule has 1 heterocycles. The van der Waals surface area contributed by atoms with E-state index in [-0.39, 0.29) is 0 Å². The van der Waals surface area contributed by atoms with Gasteiger partial charge in [0.2, 0.25) is 0 Å². The summed E-state index contributed by atoms with van der Waals surface area (Å²) in [5.74, 6) is 2.59. The fraction of sp³-hybridized carbons (Fsp3) is 1.00. The van der Waals surface area contributed by atoms with Gasteiger partial charge in [0.05, 0.1) is 5.75 Å². The van der Waals surface area contributed by atoms with Crippen LogP contribution < -0.4 is 0 Å². The molecule has 0 saturated carbocycles. The number of hydrogen-bond donors (Lipinski definition) is 0. The van der Waals surface area contributed by atoms with E-state index in [1.807, 2.05) is 11.8 Å². The molecule has 0 aliphatic carbocycles. The van der Waals surface area contributed by atoms with Gasteiger partial charge >= 0.3 is 0 Å². The first-order chi connectivity index (χ1) is 5.58. The zero-order chi connectivity index (χ0) is 9.03. The maximum Gasteiger partial charge on any atom is 0.148 e. The Labute approximate surface area is 78.4 Å². The van der Waals surface area contributed by atoms with Crippen LogP contribution in [0, 0.1) is 0 Å². The van der Waals surface area contributed by atoms with Gasteiger partial charge in [-0.3, -0.25) is 0 Å². The fourth-order valence-electron chi connectivity index (χ4n) is 1.12. The van der Waals surface area contributed by atoms with Crippen LogP contribution in [0.15, 0.2) is 0 Å². The van der Waals surface area contributed by atoms with Gasteiger partial charge in [0.1, 0.15) is 9.84 Å². The predicted octanol–water partition coefficient (Wildman–Crippen LogP) is 0.0798. The average Bonchev–Trinajstić information content (AvgIpc) is 2.02. The van der Waals surface area contributed by atoms with Crippen molar-refractivity contribution in [3.05, 3.63) is 0 Å². The highest BCUT2D eigenvalue weighted by atomic mass is 32.2. The summed E-state index contributed by atoms with van der Waals surface area (Å²) in [5, 5.41) is 0. The minimum absolute atomic E-state index is 0.303. The van der Waals surface area contributed by atoms with Crippen molar-refractivity contribution in [3.63, 3.8) is 0 Å². The monoisotopic (exact) mass is 209 g/mol. The first kappa shape index (κ1) is 10.3. The van der Waals surface area contributed by atoms with Gasteiger partial charge in [0, 0.05) is 37.4 Å². The Balaban J connectivity index is 2.22. The molecule has 12 heavy (non-hydrogen) atoms. The summed E-state index contributed by atoms with van der Waals surface area (Å²) < 4.78 is 21.7. The van der Waals surface area contributed by atoms with E-state index in [1.165, 1.54) is 6.26 Å². The largest absolute Gasteiger partial charge is 0.301 e. The highest BCUT2D eigenvalue weighted by Crippen LogP contribution is 2.08. The molecule has 0 N–H and O–H groups in total. The van der Waals surface area contributed by atoms with Crippen LogP contribution in [0.3, 0.4) is 0 Å². The molecule has 1 aliphatic rings. The van der Waals surface area contributed by atoms with Crippen molar-refractivity contribution in [3.8, 4) is 0 Å². The zero-order valence-corrected chi connectivity index (χ0v) is 8.96. The van der Waals surface area contributed by atoms with Gasteiger partial charge in [-0.05, 0) is 0 Å². The second-order valence-electron chi connectivity index (χ2n) is 3.08. The van der Waals surface area contributed by atoms with E-state index in [9.17, 15) is 8.42 Å². The van der Waals surface area contributed by atoms with Crippen LogP contribution in [0.4, 0.5) is 0 Å². The molecule has 0 bridgehead atoms. The van der Waals surface area contributed by atoms with Crippen LogP contribution >= 0.6 is 11.8 Å². The first-order valence-electron chi connectivity index (χ1n) is 4.06. The van der Waals surface area contributed by atoms with Gasteiger partial charge in [-0.25, -0.2) is 8.42 Å². The molecular formula is C7H15NO2S2. The lowest BCUT2D eigenvalue weighted by Crippen LogP contribution is -2.36. The Hall–Kier alpha value is 0.260. The smallest absolute Gasteiger partial charge is 0.148 e. The summed E-state index contributed by atoms with van der Waals surface area (Å²) in [6, 6.07) is 0. The van der Waals surface area contributed by atoms with E-state index in [1.54, 1.807) is 0 Å². The Morgan fingerprint density at radius 1 is 1.33 bits per heavy atom. The van der Waals surface area contributed by atoms with Crippen LogP contribution in [0.25, 0.3) is 0 Å². The number of thioether (sulfide) groups is 1. The maximum atomic E-state index is 10.8. The van der Waals surface area contributed by atoms with Crippen molar-refractivity contribution in [2.45, 2.75) is 0 Å². The van der Waals surface area contributed by atoms with Crippen LogP contribution in [-0.4, -0.2) is 56.5 Å². The van der Waals surface area contributed by atoms with Crippen LogP contribution in [0.5, 0.6) is 0 Å². The number of nitrogens with zero attached hydrogens (tertiary/aromatic N) is 1. The third-order valence-corrected chi connectivity index (χ3v) is 3.75. The zero-order valence-electron chi connectivity index (χ0n) is 7.32. The Bertz CT molecular complexity index is 220. The molecule has 0 atom stereocenters. The van der Waals surface area contributed by atoms with E-state index in [2.05, 4.69) is 4.90 Å². The fourth-order valence-corrected chi connectivity index (χ4v) is 2.69. The summed E-state index contributed by atoms with van der Waals surface area (Å²) in [6.07, 6.45) is 1.30. The third-order valence-electron chi connectivity index (χ3n) is 1.88. The van der Waals surface area contributed by atoms with Gasteiger partial charge < -0.3 is 4.90 Å². The lowest BCUT2D eigenvalue weighted by atomic mass is 10.5. The molecule has 0 unspecified atom stereocenters. The average molecular weight is 209 g/mol. The minimum atomic E-state index is -2.77. The van der Waals surface area contributed by atoms with Crippen molar-refractivity contribution in [2.75, 3.05) is 43.1 Å².